The molecule has 0 bridgehead atoms. The number of rotatable bonds is 10. The number of thiophene rings is 1. The molecule has 35 heavy (non-hydrogen) atoms. The Hall–Kier alpha value is -2.84. The highest BCUT2D eigenvalue weighted by atomic mass is 32.1. The number of nitrogens with one attached hydrogen (secondary N) is 1. The van der Waals surface area contributed by atoms with E-state index in [1.54, 1.807) is 11.3 Å². The van der Waals surface area contributed by atoms with E-state index in [2.05, 4.69) is 96.6 Å². The van der Waals surface area contributed by atoms with Crippen LogP contribution in [-0.2, 0) is 18.6 Å². The predicted molar refractivity (Wildman–Crippen MR) is 143 cm³/mol. The third kappa shape index (κ3) is 5.38. The number of benzene rings is 1. The van der Waals surface area contributed by atoms with Crippen molar-refractivity contribution in [2.45, 2.75) is 85.5 Å². The van der Waals surface area contributed by atoms with Crippen LogP contribution in [0.2, 0.25) is 0 Å². The number of aryl methyl sites for hydroxylation is 2. The monoisotopic (exact) mass is 492 g/mol. The molecule has 0 amide bonds. The summed E-state index contributed by atoms with van der Waals surface area (Å²) in [6.45, 7) is 14.1. The first-order valence-electron chi connectivity index (χ1n) is 12.4. The normalized spacial score (nSPS) is 13.1. The van der Waals surface area contributed by atoms with Crippen molar-refractivity contribution >= 4 is 22.2 Å². The second kappa shape index (κ2) is 10.4. The van der Waals surface area contributed by atoms with Gasteiger partial charge in [-0.15, -0.1) is 16.4 Å². The summed E-state index contributed by atoms with van der Waals surface area (Å²) >= 11 is 1.73. The Balaban J connectivity index is 1.79. The highest BCUT2D eigenvalue weighted by Gasteiger charge is 2.31. The van der Waals surface area contributed by atoms with Gasteiger partial charge in [-0.05, 0) is 85.7 Å². The average molecular weight is 493 g/mol. The van der Waals surface area contributed by atoms with E-state index in [9.17, 15) is 4.79 Å². The fraction of sp³-hybridized carbons (Fsp3) is 0.481. The molecule has 0 saturated heterocycles. The van der Waals surface area contributed by atoms with Crippen LogP contribution in [0.25, 0.3) is 10.9 Å². The van der Waals surface area contributed by atoms with Crippen molar-refractivity contribution in [1.29, 1.82) is 0 Å². The Morgan fingerprint density at radius 2 is 1.97 bits per heavy atom. The van der Waals surface area contributed by atoms with Crippen LogP contribution < -0.4 is 5.56 Å². The molecule has 3 aromatic heterocycles. The van der Waals surface area contributed by atoms with Gasteiger partial charge < -0.3 is 4.98 Å². The summed E-state index contributed by atoms with van der Waals surface area (Å²) in [5.41, 5.74) is 3.72. The van der Waals surface area contributed by atoms with Crippen molar-refractivity contribution in [3.8, 4) is 0 Å². The second-order valence-electron chi connectivity index (χ2n) is 10.1. The van der Waals surface area contributed by atoms with Crippen LogP contribution in [0.4, 0.5) is 0 Å². The summed E-state index contributed by atoms with van der Waals surface area (Å²) < 4.78 is 1.98. The van der Waals surface area contributed by atoms with E-state index in [0.29, 0.717) is 6.54 Å². The number of fused-ring (bicyclic) bond motifs is 1. The first-order chi connectivity index (χ1) is 16.7. The molecule has 0 saturated carbocycles. The molecule has 3 heterocycles. The molecule has 186 valence electrons. The maximum absolute atomic E-state index is 13.2. The first kappa shape index (κ1) is 25.3. The van der Waals surface area contributed by atoms with Gasteiger partial charge in [0, 0.05) is 34.4 Å². The summed E-state index contributed by atoms with van der Waals surface area (Å²) in [7, 11) is 0. The molecule has 0 aliphatic heterocycles. The van der Waals surface area contributed by atoms with Crippen molar-refractivity contribution in [1.82, 2.24) is 30.1 Å². The number of H-pyrrole nitrogens is 1. The number of hydrogen-bond acceptors (Lipinski definition) is 6. The van der Waals surface area contributed by atoms with E-state index in [1.807, 2.05) is 10.7 Å². The Labute approximate surface area is 211 Å². The van der Waals surface area contributed by atoms with Gasteiger partial charge in [-0.3, -0.25) is 9.69 Å². The zero-order valence-electron chi connectivity index (χ0n) is 21.6. The third-order valence-electron chi connectivity index (χ3n) is 6.94. The quantitative estimate of drug-likeness (QED) is 0.299. The maximum atomic E-state index is 13.2. The van der Waals surface area contributed by atoms with Crippen molar-refractivity contribution in [2.75, 3.05) is 0 Å². The molecule has 0 spiro atoms. The van der Waals surface area contributed by atoms with Crippen LogP contribution in [0.15, 0.2) is 40.5 Å². The van der Waals surface area contributed by atoms with Gasteiger partial charge in [-0.2, -0.15) is 0 Å². The Morgan fingerprint density at radius 3 is 2.66 bits per heavy atom. The second-order valence-corrected chi connectivity index (χ2v) is 11.1. The molecule has 4 rings (SSSR count). The van der Waals surface area contributed by atoms with Gasteiger partial charge in [0.05, 0.1) is 11.6 Å². The summed E-state index contributed by atoms with van der Waals surface area (Å²) in [6.07, 6.45) is 2.80. The van der Waals surface area contributed by atoms with Crippen LogP contribution >= 0.6 is 11.3 Å². The number of aromatic amines is 1. The summed E-state index contributed by atoms with van der Waals surface area (Å²) in [5.74, 6) is 0.860. The van der Waals surface area contributed by atoms with Crippen LogP contribution in [0.5, 0.6) is 0 Å². The minimum Gasteiger partial charge on any atom is -0.322 e. The van der Waals surface area contributed by atoms with E-state index >= 15 is 0 Å². The average Bonchev–Trinajstić information content (AvgIpc) is 3.50. The molecule has 1 aromatic carbocycles. The Bertz CT molecular complexity index is 1340. The van der Waals surface area contributed by atoms with E-state index in [0.717, 1.165) is 53.7 Å². The van der Waals surface area contributed by atoms with Crippen LogP contribution in [0.3, 0.4) is 0 Å². The van der Waals surface area contributed by atoms with E-state index < -0.39 is 0 Å². The molecule has 0 radical (unpaired) electrons. The molecule has 0 fully saturated rings. The molecular formula is C27H36N6OS. The van der Waals surface area contributed by atoms with Gasteiger partial charge in [-0.1, -0.05) is 32.4 Å². The SMILES string of the molecule is CCC[C@H](c1nnnn1C(C)(C)CC)N(Cc1cccs1)Cc1cc2c(C)cc(C)cc2[nH]c1=O. The highest BCUT2D eigenvalue weighted by molar-refractivity contribution is 7.09. The Morgan fingerprint density at radius 1 is 1.17 bits per heavy atom. The van der Waals surface area contributed by atoms with E-state index in [4.69, 9.17) is 0 Å². The number of hydrogen-bond donors (Lipinski definition) is 1. The summed E-state index contributed by atoms with van der Waals surface area (Å²) in [4.78, 5) is 20.0. The van der Waals surface area contributed by atoms with Gasteiger partial charge in [0.25, 0.3) is 5.56 Å². The lowest BCUT2D eigenvalue weighted by molar-refractivity contribution is 0.147. The number of pyridine rings is 1. The number of aromatic nitrogens is 5. The van der Waals surface area contributed by atoms with Gasteiger partial charge in [0.1, 0.15) is 0 Å². The molecule has 4 aromatic rings. The van der Waals surface area contributed by atoms with Gasteiger partial charge in [-0.25, -0.2) is 4.68 Å². The van der Waals surface area contributed by atoms with Crippen LogP contribution in [-0.4, -0.2) is 30.1 Å². The van der Waals surface area contributed by atoms with Gasteiger partial charge in [0.2, 0.25) is 0 Å². The molecule has 1 atom stereocenters. The molecular weight excluding hydrogens is 456 g/mol. The minimum absolute atomic E-state index is 0.0165. The smallest absolute Gasteiger partial charge is 0.252 e. The summed E-state index contributed by atoms with van der Waals surface area (Å²) in [6, 6.07) is 10.5. The van der Waals surface area contributed by atoms with Crippen molar-refractivity contribution in [3.63, 3.8) is 0 Å². The topological polar surface area (TPSA) is 79.7 Å². The van der Waals surface area contributed by atoms with Gasteiger partial charge >= 0.3 is 0 Å². The largest absolute Gasteiger partial charge is 0.322 e. The van der Waals surface area contributed by atoms with Crippen LogP contribution in [0.1, 0.15) is 80.4 Å². The summed E-state index contributed by atoms with van der Waals surface area (Å²) in [5, 5.41) is 16.2. The van der Waals surface area contributed by atoms with E-state index in [1.165, 1.54) is 10.4 Å². The fourth-order valence-electron chi connectivity index (χ4n) is 4.66. The van der Waals surface area contributed by atoms with Crippen molar-refractivity contribution in [2.24, 2.45) is 0 Å². The zero-order valence-corrected chi connectivity index (χ0v) is 22.4. The molecule has 0 aliphatic carbocycles. The predicted octanol–water partition coefficient (Wildman–Crippen LogP) is 5.88. The molecule has 0 aliphatic rings. The number of nitrogens with zero attached hydrogens (tertiary/aromatic N) is 5. The number of tetrazole rings is 1. The zero-order chi connectivity index (χ0) is 25.2. The molecule has 1 N–H and O–H groups in total. The Kier molecular flexibility index (Phi) is 7.52. The van der Waals surface area contributed by atoms with Gasteiger partial charge in [0.15, 0.2) is 5.82 Å². The molecule has 8 heteroatoms. The third-order valence-corrected chi connectivity index (χ3v) is 7.80. The van der Waals surface area contributed by atoms with E-state index in [-0.39, 0.29) is 17.1 Å². The standard InChI is InChI=1S/C27H36N6OS/c1-7-10-24(25-29-30-31-33(25)27(5,6)8-2)32(17-21-11-9-12-35-21)16-20-15-22-19(4)13-18(3)14-23(22)28-26(20)34/h9,11-15,24H,7-8,10,16-17H2,1-6H3,(H,28,34)/t24-/m1/s1. The van der Waals surface area contributed by atoms with Crippen molar-refractivity contribution < 1.29 is 0 Å². The fourth-order valence-corrected chi connectivity index (χ4v) is 5.39. The van der Waals surface area contributed by atoms with Crippen molar-refractivity contribution in [3.05, 3.63) is 73.5 Å². The molecule has 0 unspecified atom stereocenters. The first-order valence-corrected chi connectivity index (χ1v) is 13.3. The maximum Gasteiger partial charge on any atom is 0.252 e. The lowest BCUT2D eigenvalue weighted by Crippen LogP contribution is -2.36. The highest BCUT2D eigenvalue weighted by Crippen LogP contribution is 2.32. The molecule has 7 nitrogen and oxygen atoms in total. The lowest BCUT2D eigenvalue weighted by Gasteiger charge is -2.33. The minimum atomic E-state index is -0.200. The lowest BCUT2D eigenvalue weighted by atomic mass is 10.0. The van der Waals surface area contributed by atoms with Crippen LogP contribution in [0, 0.1) is 13.8 Å².